The van der Waals surface area contributed by atoms with Crippen molar-refractivity contribution in [3.63, 3.8) is 0 Å². The highest BCUT2D eigenvalue weighted by molar-refractivity contribution is 5.94. The van der Waals surface area contributed by atoms with Crippen LogP contribution >= 0.6 is 0 Å². The number of nitrogens with one attached hydrogen (secondary N) is 1. The van der Waals surface area contributed by atoms with Crippen molar-refractivity contribution in [2.75, 3.05) is 44.7 Å². The van der Waals surface area contributed by atoms with Gasteiger partial charge in [-0.25, -0.2) is 4.98 Å². The number of likely N-dealkylation sites (tertiary alicyclic amines) is 1. The maximum Gasteiger partial charge on any atom is 0.253 e. The normalized spacial score (nSPS) is 24.7. The summed E-state index contributed by atoms with van der Waals surface area (Å²) in [4.78, 5) is 35.6. The third-order valence-corrected chi connectivity index (χ3v) is 7.48. The van der Waals surface area contributed by atoms with Gasteiger partial charge in [0.25, 0.3) is 5.91 Å². The predicted octanol–water partition coefficient (Wildman–Crippen LogP) is 2.98. The van der Waals surface area contributed by atoms with E-state index < -0.39 is 5.41 Å². The first-order chi connectivity index (χ1) is 16.1. The number of pyridine rings is 1. The molecular formula is C26H32N4O3. The van der Waals surface area contributed by atoms with E-state index in [1.54, 1.807) is 13.3 Å². The maximum atomic E-state index is 13.6. The van der Waals surface area contributed by atoms with Crippen LogP contribution in [0.25, 0.3) is 0 Å². The monoisotopic (exact) mass is 448 g/mol. The number of hydrogen-bond donors (Lipinski definition) is 1. The van der Waals surface area contributed by atoms with E-state index in [2.05, 4.69) is 15.2 Å². The summed E-state index contributed by atoms with van der Waals surface area (Å²) < 4.78 is 5.23. The summed E-state index contributed by atoms with van der Waals surface area (Å²) in [6.07, 6.45) is 5.81. The molecule has 1 aromatic heterocycles. The number of rotatable bonds is 6. The van der Waals surface area contributed by atoms with Gasteiger partial charge in [0.15, 0.2) is 0 Å². The van der Waals surface area contributed by atoms with Gasteiger partial charge in [-0.05, 0) is 68.0 Å². The summed E-state index contributed by atoms with van der Waals surface area (Å²) >= 11 is 0. The first-order valence-electron chi connectivity index (χ1n) is 12.0. The molecule has 3 fully saturated rings. The van der Waals surface area contributed by atoms with Gasteiger partial charge in [0.1, 0.15) is 11.6 Å². The van der Waals surface area contributed by atoms with Gasteiger partial charge in [-0.3, -0.25) is 9.59 Å². The third-order valence-electron chi connectivity index (χ3n) is 7.48. The minimum Gasteiger partial charge on any atom is -0.497 e. The number of aromatic nitrogens is 1. The Kier molecular flexibility index (Phi) is 5.96. The second kappa shape index (κ2) is 9.04. The molecule has 0 radical (unpaired) electrons. The number of amides is 2. The van der Waals surface area contributed by atoms with Crippen molar-refractivity contribution in [1.29, 1.82) is 0 Å². The fraction of sp³-hybridized carbons (Fsp3) is 0.500. The Morgan fingerprint density at radius 1 is 1.15 bits per heavy atom. The number of nitrogens with zero attached hydrogens (tertiary/aromatic N) is 3. The highest BCUT2D eigenvalue weighted by atomic mass is 16.5. The van der Waals surface area contributed by atoms with Gasteiger partial charge < -0.3 is 19.9 Å². The smallest absolute Gasteiger partial charge is 0.253 e. The van der Waals surface area contributed by atoms with Gasteiger partial charge in [-0.2, -0.15) is 0 Å². The van der Waals surface area contributed by atoms with Crippen LogP contribution in [-0.4, -0.2) is 61.5 Å². The SMILES string of the molecule is COc1ccc(C(=O)N2CCC[C@]3(C(=O)NCC4CC4)CN(c4ccccn4)C[C@@H]3C2)cc1. The summed E-state index contributed by atoms with van der Waals surface area (Å²) in [6.45, 7) is 3.38. The number of methoxy groups -OCH3 is 1. The summed E-state index contributed by atoms with van der Waals surface area (Å²) in [6, 6.07) is 13.2. The average molecular weight is 449 g/mol. The molecule has 0 unspecified atom stereocenters. The molecule has 3 heterocycles. The third kappa shape index (κ3) is 4.41. The molecule has 7 heteroatoms. The molecule has 7 nitrogen and oxygen atoms in total. The van der Waals surface area contributed by atoms with Gasteiger partial charge in [0, 0.05) is 50.4 Å². The molecule has 33 heavy (non-hydrogen) atoms. The molecule has 174 valence electrons. The second-order valence-electron chi connectivity index (χ2n) is 9.66. The Hall–Kier alpha value is -3.09. The van der Waals surface area contributed by atoms with E-state index in [-0.39, 0.29) is 17.7 Å². The van der Waals surface area contributed by atoms with Crippen LogP contribution in [0.4, 0.5) is 5.82 Å². The molecule has 0 bridgehead atoms. The molecule has 2 aromatic rings. The molecule has 1 saturated carbocycles. The van der Waals surface area contributed by atoms with E-state index in [9.17, 15) is 9.59 Å². The van der Waals surface area contributed by atoms with Crippen LogP contribution < -0.4 is 15.0 Å². The lowest BCUT2D eigenvalue weighted by molar-refractivity contribution is -0.132. The van der Waals surface area contributed by atoms with Crippen LogP contribution in [0.5, 0.6) is 5.75 Å². The van der Waals surface area contributed by atoms with Crippen molar-refractivity contribution in [3.8, 4) is 5.75 Å². The van der Waals surface area contributed by atoms with Crippen LogP contribution in [-0.2, 0) is 4.79 Å². The molecule has 2 saturated heterocycles. The van der Waals surface area contributed by atoms with E-state index >= 15 is 0 Å². The Morgan fingerprint density at radius 2 is 1.97 bits per heavy atom. The first-order valence-corrected chi connectivity index (χ1v) is 12.0. The Labute approximate surface area is 195 Å². The van der Waals surface area contributed by atoms with Gasteiger partial charge in [0.05, 0.1) is 12.5 Å². The largest absolute Gasteiger partial charge is 0.497 e. The van der Waals surface area contributed by atoms with Crippen molar-refractivity contribution in [3.05, 3.63) is 54.2 Å². The second-order valence-corrected chi connectivity index (χ2v) is 9.66. The lowest BCUT2D eigenvalue weighted by Gasteiger charge is -2.32. The van der Waals surface area contributed by atoms with Gasteiger partial charge in [0.2, 0.25) is 5.91 Å². The summed E-state index contributed by atoms with van der Waals surface area (Å²) in [5.74, 6) is 2.49. The van der Waals surface area contributed by atoms with Crippen molar-refractivity contribution < 1.29 is 14.3 Å². The van der Waals surface area contributed by atoms with E-state index in [0.29, 0.717) is 31.1 Å². The van der Waals surface area contributed by atoms with Crippen LogP contribution in [0.2, 0.25) is 0 Å². The van der Waals surface area contributed by atoms with E-state index in [0.717, 1.165) is 37.5 Å². The molecule has 1 N–H and O–H groups in total. The lowest BCUT2D eigenvalue weighted by Crippen LogP contribution is -2.48. The number of anilines is 1. The number of carbonyl (C=O) groups is 2. The zero-order valence-electron chi connectivity index (χ0n) is 19.2. The topological polar surface area (TPSA) is 74.8 Å². The fourth-order valence-corrected chi connectivity index (χ4v) is 5.36. The quantitative estimate of drug-likeness (QED) is 0.736. The Bertz CT molecular complexity index is 992. The van der Waals surface area contributed by atoms with E-state index in [1.165, 1.54) is 12.8 Å². The Balaban J connectivity index is 1.39. The van der Waals surface area contributed by atoms with E-state index in [4.69, 9.17) is 4.74 Å². The lowest BCUT2D eigenvalue weighted by atomic mass is 9.74. The highest BCUT2D eigenvalue weighted by Crippen LogP contribution is 2.44. The van der Waals surface area contributed by atoms with Gasteiger partial charge in [-0.15, -0.1) is 0 Å². The van der Waals surface area contributed by atoms with Crippen LogP contribution in [0.15, 0.2) is 48.7 Å². The molecule has 0 spiro atoms. The standard InChI is InChI=1S/C26H32N4O3/c1-33-22-10-8-20(9-11-22)24(31)29-14-4-12-26(25(32)28-15-19-6-7-19)18-30(17-21(26)16-29)23-5-2-3-13-27-23/h2-3,5,8-11,13,19,21H,4,6-7,12,14-18H2,1H3,(H,28,32)/t21-,26-/m0/s1. The zero-order valence-corrected chi connectivity index (χ0v) is 19.2. The van der Waals surface area contributed by atoms with Crippen molar-refractivity contribution >= 4 is 17.6 Å². The number of ether oxygens (including phenoxy) is 1. The molecule has 1 aliphatic carbocycles. The minimum atomic E-state index is -0.499. The van der Waals surface area contributed by atoms with Crippen LogP contribution in [0.3, 0.4) is 0 Å². The Morgan fingerprint density at radius 3 is 2.67 bits per heavy atom. The first kappa shape index (κ1) is 21.7. The molecule has 2 amide bonds. The van der Waals surface area contributed by atoms with E-state index in [1.807, 2.05) is 47.4 Å². The summed E-state index contributed by atoms with van der Waals surface area (Å²) in [5, 5.41) is 3.26. The molecular weight excluding hydrogens is 416 g/mol. The van der Waals surface area contributed by atoms with Gasteiger partial charge >= 0.3 is 0 Å². The zero-order chi connectivity index (χ0) is 22.8. The van der Waals surface area contributed by atoms with Gasteiger partial charge in [-0.1, -0.05) is 6.07 Å². The van der Waals surface area contributed by atoms with Crippen molar-refractivity contribution in [2.24, 2.45) is 17.3 Å². The fourth-order valence-electron chi connectivity index (χ4n) is 5.36. The predicted molar refractivity (Wildman–Crippen MR) is 126 cm³/mol. The average Bonchev–Trinajstić information content (AvgIpc) is 3.65. The molecule has 5 rings (SSSR count). The summed E-state index contributed by atoms with van der Waals surface area (Å²) in [7, 11) is 1.62. The number of hydrogen-bond acceptors (Lipinski definition) is 5. The number of benzene rings is 1. The number of fused-ring (bicyclic) bond motifs is 1. The molecule has 2 atom stereocenters. The van der Waals surface area contributed by atoms with Crippen LogP contribution in [0, 0.1) is 17.3 Å². The summed E-state index contributed by atoms with van der Waals surface area (Å²) in [5.41, 5.74) is 0.155. The highest BCUT2D eigenvalue weighted by Gasteiger charge is 2.53. The molecule has 1 aromatic carbocycles. The molecule has 3 aliphatic rings. The number of carbonyl (C=O) groups excluding carboxylic acids is 2. The van der Waals surface area contributed by atoms with Crippen molar-refractivity contribution in [2.45, 2.75) is 25.7 Å². The van der Waals surface area contributed by atoms with Crippen LogP contribution in [0.1, 0.15) is 36.0 Å². The maximum absolute atomic E-state index is 13.6. The van der Waals surface area contributed by atoms with Crippen molar-refractivity contribution in [1.82, 2.24) is 15.2 Å². The molecule has 2 aliphatic heterocycles. The minimum absolute atomic E-state index is 0.0168.